The molecule has 0 aliphatic heterocycles. The van der Waals surface area contributed by atoms with E-state index >= 15 is 0 Å². The van der Waals surface area contributed by atoms with Gasteiger partial charge in [-0.25, -0.2) is 4.79 Å². The molecule has 2 amide bonds. The molecule has 2 aromatic carbocycles. The van der Waals surface area contributed by atoms with Gasteiger partial charge in [0.05, 0.1) is 23.3 Å². The topological polar surface area (TPSA) is 84.5 Å². The van der Waals surface area contributed by atoms with Gasteiger partial charge in [-0.1, -0.05) is 24.3 Å². The van der Waals surface area contributed by atoms with Gasteiger partial charge >= 0.3 is 11.9 Å². The third kappa shape index (κ3) is 4.22. The summed E-state index contributed by atoms with van der Waals surface area (Å²) in [5.74, 6) is -2.11. The first-order valence-corrected chi connectivity index (χ1v) is 8.90. The summed E-state index contributed by atoms with van der Waals surface area (Å²) in [6.45, 7) is 0.971. The second-order valence-corrected chi connectivity index (χ2v) is 6.67. The van der Waals surface area contributed by atoms with Crippen molar-refractivity contribution < 1.29 is 27.2 Å². The maximum Gasteiger partial charge on any atom is 0.420 e. The summed E-state index contributed by atoms with van der Waals surface area (Å²) in [7, 11) is 1.32. The van der Waals surface area contributed by atoms with Crippen LogP contribution in [0.3, 0.4) is 0 Å². The molecule has 30 heavy (non-hydrogen) atoms. The molecule has 0 spiro atoms. The van der Waals surface area contributed by atoms with Crippen molar-refractivity contribution in [2.45, 2.75) is 19.1 Å². The van der Waals surface area contributed by atoms with Crippen LogP contribution in [0.15, 0.2) is 57.7 Å². The second-order valence-electron chi connectivity index (χ2n) is 6.67. The van der Waals surface area contributed by atoms with E-state index in [9.17, 15) is 27.6 Å². The highest BCUT2D eigenvalue weighted by Gasteiger charge is 2.33. The number of likely N-dealkylation sites (N-methyl/N-ethyl adjacent to an activating group) is 1. The molecular weight excluding hydrogens is 403 g/mol. The van der Waals surface area contributed by atoms with Crippen LogP contribution in [0.25, 0.3) is 11.1 Å². The maximum atomic E-state index is 13.1. The van der Waals surface area contributed by atoms with E-state index in [0.717, 1.165) is 21.6 Å². The molecule has 0 radical (unpaired) electrons. The third-order valence-corrected chi connectivity index (χ3v) is 4.53. The number of amides is 2. The van der Waals surface area contributed by atoms with Gasteiger partial charge in [-0.2, -0.15) is 13.2 Å². The van der Waals surface area contributed by atoms with Crippen LogP contribution in [0.2, 0.25) is 0 Å². The van der Waals surface area contributed by atoms with Crippen LogP contribution in [-0.2, 0) is 15.8 Å². The molecule has 0 saturated heterocycles. The molecule has 0 bridgehead atoms. The number of nitrogens with one attached hydrogen (secondary N) is 1. The van der Waals surface area contributed by atoms with Gasteiger partial charge in [-0.3, -0.25) is 14.2 Å². The number of alkyl halides is 3. The fourth-order valence-corrected chi connectivity index (χ4v) is 3.10. The number of benzene rings is 2. The smallest absolute Gasteiger partial charge is 0.408 e. The summed E-state index contributed by atoms with van der Waals surface area (Å²) >= 11 is 0. The first kappa shape index (κ1) is 21.2. The molecule has 0 saturated carbocycles. The Hall–Kier alpha value is -3.56. The largest absolute Gasteiger partial charge is 0.420 e. The summed E-state index contributed by atoms with van der Waals surface area (Å²) < 4.78 is 45.4. The zero-order chi connectivity index (χ0) is 22.1. The number of hydrogen-bond acceptors (Lipinski definition) is 4. The molecule has 0 aliphatic carbocycles. The summed E-state index contributed by atoms with van der Waals surface area (Å²) in [5, 5.41) is 2.18. The van der Waals surface area contributed by atoms with Crippen molar-refractivity contribution in [3.05, 3.63) is 64.6 Å². The zero-order valence-corrected chi connectivity index (χ0v) is 16.1. The Bertz CT molecular complexity index is 1150. The van der Waals surface area contributed by atoms with Gasteiger partial charge in [0, 0.05) is 7.05 Å². The molecule has 1 heterocycles. The number of carbonyl (C=O) groups excluding carboxylic acids is 2. The van der Waals surface area contributed by atoms with Crippen LogP contribution in [0, 0.1) is 0 Å². The molecule has 1 N–H and O–H groups in total. The van der Waals surface area contributed by atoms with Crippen molar-refractivity contribution >= 4 is 28.6 Å². The lowest BCUT2D eigenvalue weighted by atomic mass is 10.1. The Kier molecular flexibility index (Phi) is 5.68. The lowest BCUT2D eigenvalue weighted by Gasteiger charge is -2.22. The normalized spacial score (nSPS) is 12.6. The summed E-state index contributed by atoms with van der Waals surface area (Å²) in [6.07, 6.45) is -4.64. The number of carbonyl (C=O) groups is 2. The lowest BCUT2D eigenvalue weighted by Crippen LogP contribution is -2.40. The predicted octanol–water partition coefficient (Wildman–Crippen LogP) is 3.27. The van der Waals surface area contributed by atoms with Crippen LogP contribution < -0.4 is 11.1 Å². The number of rotatable bonds is 5. The van der Waals surface area contributed by atoms with Crippen LogP contribution in [-0.4, -0.2) is 34.9 Å². The fraction of sp³-hybridized carbons (Fsp3) is 0.250. The molecule has 1 unspecified atom stereocenters. The van der Waals surface area contributed by atoms with Crippen molar-refractivity contribution in [2.75, 3.05) is 18.9 Å². The van der Waals surface area contributed by atoms with Crippen molar-refractivity contribution in [3.63, 3.8) is 0 Å². The molecule has 1 atom stereocenters. The number of halogens is 3. The highest BCUT2D eigenvalue weighted by atomic mass is 19.4. The average molecular weight is 421 g/mol. The van der Waals surface area contributed by atoms with Gasteiger partial charge in [0.25, 0.3) is 0 Å². The second kappa shape index (κ2) is 8.05. The van der Waals surface area contributed by atoms with Crippen molar-refractivity contribution in [1.29, 1.82) is 0 Å². The quantitative estimate of drug-likeness (QED) is 0.685. The van der Waals surface area contributed by atoms with Gasteiger partial charge in [-0.15, -0.1) is 0 Å². The van der Waals surface area contributed by atoms with E-state index in [1.165, 1.54) is 26.1 Å². The number of para-hydroxylation sites is 3. The standard InChI is InChI=1S/C20H18F3N3O4/c1-12(26-15-9-5-6-10-16(15)30-19(26)29)18(28)25(2)11-17(27)24-14-8-4-3-7-13(14)20(21,22)23/h3-10,12H,11H2,1-2H3,(H,24,27). The van der Waals surface area contributed by atoms with Gasteiger partial charge in [0.1, 0.15) is 6.04 Å². The van der Waals surface area contributed by atoms with E-state index in [0.29, 0.717) is 11.1 Å². The first-order chi connectivity index (χ1) is 14.1. The molecule has 10 heteroatoms. The molecule has 1 aromatic heterocycles. The third-order valence-electron chi connectivity index (χ3n) is 4.53. The van der Waals surface area contributed by atoms with E-state index in [1.807, 2.05) is 0 Å². The predicted molar refractivity (Wildman–Crippen MR) is 103 cm³/mol. The number of oxazole rings is 1. The highest BCUT2D eigenvalue weighted by molar-refractivity contribution is 5.95. The number of nitrogens with zero attached hydrogens (tertiary/aromatic N) is 2. The lowest BCUT2D eigenvalue weighted by molar-refractivity contribution is -0.137. The van der Waals surface area contributed by atoms with Crippen LogP contribution in [0.4, 0.5) is 18.9 Å². The molecule has 3 rings (SSSR count). The number of anilines is 1. The van der Waals surface area contributed by atoms with E-state index < -0.39 is 47.6 Å². The summed E-state index contributed by atoms with van der Waals surface area (Å²) in [5.41, 5.74) is -0.662. The van der Waals surface area contributed by atoms with Crippen LogP contribution in [0.1, 0.15) is 18.5 Å². The summed E-state index contributed by atoms with van der Waals surface area (Å²) in [4.78, 5) is 38.1. The molecule has 158 valence electrons. The highest BCUT2D eigenvalue weighted by Crippen LogP contribution is 2.34. The minimum Gasteiger partial charge on any atom is -0.408 e. The van der Waals surface area contributed by atoms with Gasteiger partial charge in [0.15, 0.2) is 5.58 Å². The van der Waals surface area contributed by atoms with Crippen LogP contribution in [0.5, 0.6) is 0 Å². The molecule has 0 fully saturated rings. The van der Waals surface area contributed by atoms with Gasteiger partial charge in [-0.05, 0) is 31.2 Å². The van der Waals surface area contributed by atoms with Gasteiger partial charge < -0.3 is 14.6 Å². The summed E-state index contributed by atoms with van der Waals surface area (Å²) in [6, 6.07) is 10.1. The Labute approximate surface area is 168 Å². The maximum absolute atomic E-state index is 13.1. The Morgan fingerprint density at radius 3 is 2.47 bits per heavy atom. The Balaban J connectivity index is 1.74. The Morgan fingerprint density at radius 1 is 1.13 bits per heavy atom. The van der Waals surface area contributed by atoms with E-state index in [-0.39, 0.29) is 0 Å². The van der Waals surface area contributed by atoms with E-state index in [2.05, 4.69) is 5.32 Å². The van der Waals surface area contributed by atoms with Crippen molar-refractivity contribution in [2.24, 2.45) is 0 Å². The average Bonchev–Trinajstić information content (AvgIpc) is 3.01. The van der Waals surface area contributed by atoms with E-state index in [1.54, 1.807) is 24.3 Å². The van der Waals surface area contributed by atoms with Crippen molar-refractivity contribution in [3.8, 4) is 0 Å². The molecule has 3 aromatic rings. The van der Waals surface area contributed by atoms with Gasteiger partial charge in [0.2, 0.25) is 11.8 Å². The number of aromatic nitrogens is 1. The number of hydrogen-bond donors (Lipinski definition) is 1. The van der Waals surface area contributed by atoms with Crippen molar-refractivity contribution in [1.82, 2.24) is 9.47 Å². The number of fused-ring (bicyclic) bond motifs is 1. The zero-order valence-electron chi connectivity index (χ0n) is 16.1. The minimum absolute atomic E-state index is 0.311. The molecular formula is C20H18F3N3O4. The van der Waals surface area contributed by atoms with E-state index in [4.69, 9.17) is 4.42 Å². The molecule has 0 aliphatic rings. The minimum atomic E-state index is -4.64. The first-order valence-electron chi connectivity index (χ1n) is 8.90. The fourth-order valence-electron chi connectivity index (χ4n) is 3.10. The molecule has 7 nitrogen and oxygen atoms in total. The SMILES string of the molecule is CC(C(=O)N(C)CC(=O)Nc1ccccc1C(F)(F)F)n1c(=O)oc2ccccc21. The monoisotopic (exact) mass is 421 g/mol. The van der Waals surface area contributed by atoms with Crippen LogP contribution >= 0.6 is 0 Å². The Morgan fingerprint density at radius 2 is 1.77 bits per heavy atom.